The molecule has 4 aliphatic carbocycles. The highest BCUT2D eigenvalue weighted by molar-refractivity contribution is 5.17. The lowest BCUT2D eigenvalue weighted by Crippen LogP contribution is -2.57. The third-order valence-electron chi connectivity index (χ3n) is 9.46. The van der Waals surface area contributed by atoms with E-state index >= 15 is 0 Å². The predicted octanol–water partition coefficient (Wildman–Crippen LogP) is 6.15. The summed E-state index contributed by atoms with van der Waals surface area (Å²) < 4.78 is 5.93. The molecular weight excluding hydrogens is 292 g/mol. The molecule has 0 aromatic heterocycles. The molecule has 4 rings (SSSR count). The van der Waals surface area contributed by atoms with Gasteiger partial charge in [0.05, 0.1) is 6.10 Å². The van der Waals surface area contributed by atoms with E-state index in [1.54, 1.807) is 0 Å². The number of allylic oxidation sites excluding steroid dienone is 1. The van der Waals surface area contributed by atoms with Crippen molar-refractivity contribution in [1.29, 1.82) is 0 Å². The van der Waals surface area contributed by atoms with E-state index in [1.165, 1.54) is 64.2 Å². The molecule has 0 bridgehead atoms. The lowest BCUT2D eigenvalue weighted by atomic mass is 9.40. The minimum Gasteiger partial charge on any atom is -0.381 e. The average Bonchev–Trinajstić information content (AvgIpc) is 2.92. The van der Waals surface area contributed by atoms with Crippen LogP contribution in [0.3, 0.4) is 0 Å². The number of fused-ring (bicyclic) bond motifs is 5. The molecule has 24 heavy (non-hydrogen) atoms. The van der Waals surface area contributed by atoms with Gasteiger partial charge in [-0.3, -0.25) is 0 Å². The van der Waals surface area contributed by atoms with Crippen molar-refractivity contribution >= 4 is 0 Å². The fourth-order valence-corrected chi connectivity index (χ4v) is 8.18. The van der Waals surface area contributed by atoms with Gasteiger partial charge in [-0.05, 0) is 86.0 Å². The van der Waals surface area contributed by atoms with Crippen molar-refractivity contribution in [3.63, 3.8) is 0 Å². The minimum absolute atomic E-state index is 0.390. The third-order valence-corrected chi connectivity index (χ3v) is 9.46. The zero-order chi connectivity index (χ0) is 17.0. The molecule has 0 radical (unpaired) electrons. The molecule has 0 heterocycles. The largest absolute Gasteiger partial charge is 0.381 e. The maximum Gasteiger partial charge on any atom is 0.0627 e. The Morgan fingerprint density at radius 3 is 2.50 bits per heavy atom. The first kappa shape index (κ1) is 16.9. The molecule has 0 saturated heterocycles. The van der Waals surface area contributed by atoms with Crippen LogP contribution in [0.25, 0.3) is 0 Å². The first-order chi connectivity index (χ1) is 11.5. The van der Waals surface area contributed by atoms with Gasteiger partial charge in [0.25, 0.3) is 0 Å². The summed E-state index contributed by atoms with van der Waals surface area (Å²) in [6.07, 6.45) is 16.8. The summed E-state index contributed by atoms with van der Waals surface area (Å²) in [6, 6.07) is 0. The van der Waals surface area contributed by atoms with Crippen LogP contribution in [-0.4, -0.2) is 13.2 Å². The average molecular weight is 329 g/mol. The Morgan fingerprint density at radius 2 is 1.75 bits per heavy atom. The second-order valence-electron chi connectivity index (χ2n) is 9.89. The molecule has 0 N–H and O–H groups in total. The van der Waals surface area contributed by atoms with Crippen LogP contribution in [0.4, 0.5) is 0 Å². The first-order valence-electron chi connectivity index (χ1n) is 10.4. The molecule has 1 heteroatoms. The molecular formula is C23H36O. The lowest BCUT2D eigenvalue weighted by Gasteiger charge is -2.64. The third kappa shape index (κ3) is 2.04. The normalized spacial score (nSPS) is 53.5. The van der Waals surface area contributed by atoms with Crippen molar-refractivity contribution in [3.8, 4) is 0 Å². The van der Waals surface area contributed by atoms with Crippen molar-refractivity contribution in [2.75, 3.05) is 7.11 Å². The summed E-state index contributed by atoms with van der Waals surface area (Å²) in [5.41, 5.74) is 4.53. The van der Waals surface area contributed by atoms with E-state index in [1.807, 2.05) is 7.11 Å². The second-order valence-corrected chi connectivity index (χ2v) is 9.89. The quantitative estimate of drug-likeness (QED) is 0.553. The van der Waals surface area contributed by atoms with Crippen LogP contribution >= 0.6 is 0 Å². The first-order valence-corrected chi connectivity index (χ1v) is 10.4. The van der Waals surface area contributed by atoms with Crippen LogP contribution in [0, 0.1) is 34.0 Å². The number of hydrogen-bond donors (Lipinski definition) is 0. The van der Waals surface area contributed by atoms with E-state index in [0.717, 1.165) is 17.8 Å². The van der Waals surface area contributed by atoms with Crippen molar-refractivity contribution in [1.82, 2.24) is 0 Å². The van der Waals surface area contributed by atoms with E-state index < -0.39 is 0 Å². The molecule has 0 aromatic rings. The van der Waals surface area contributed by atoms with Gasteiger partial charge in [0, 0.05) is 12.5 Å². The summed E-state index contributed by atoms with van der Waals surface area (Å²) in [5, 5.41) is 0. The van der Waals surface area contributed by atoms with Crippen LogP contribution < -0.4 is 0 Å². The number of ether oxygens (including phenoxy) is 1. The molecule has 0 aliphatic heterocycles. The molecule has 4 saturated carbocycles. The van der Waals surface area contributed by atoms with Crippen LogP contribution in [0.5, 0.6) is 0 Å². The van der Waals surface area contributed by atoms with Crippen LogP contribution in [-0.2, 0) is 4.74 Å². The van der Waals surface area contributed by atoms with Gasteiger partial charge in [-0.15, -0.1) is 5.73 Å². The van der Waals surface area contributed by atoms with Gasteiger partial charge in [0.15, 0.2) is 0 Å². The monoisotopic (exact) mass is 328 g/mol. The molecule has 7 atom stereocenters. The summed E-state index contributed by atoms with van der Waals surface area (Å²) in [7, 11) is 1.94. The maximum atomic E-state index is 5.93. The van der Waals surface area contributed by atoms with E-state index in [-0.39, 0.29) is 0 Å². The van der Waals surface area contributed by atoms with Crippen molar-refractivity contribution in [2.45, 2.75) is 84.2 Å². The second kappa shape index (κ2) is 5.75. The predicted molar refractivity (Wildman–Crippen MR) is 99.8 cm³/mol. The SMILES string of the molecule is C=C=CC12CCCC[C@]1(C)[C@H]1CC[C@]3(C)C(OC)CC[C@H]3[C@@H]1CC2. The molecule has 2 unspecified atom stereocenters. The molecule has 0 aromatic carbocycles. The maximum absolute atomic E-state index is 5.93. The van der Waals surface area contributed by atoms with Crippen molar-refractivity contribution in [3.05, 3.63) is 18.4 Å². The van der Waals surface area contributed by atoms with Gasteiger partial charge in [-0.1, -0.05) is 33.3 Å². The summed E-state index contributed by atoms with van der Waals surface area (Å²) >= 11 is 0. The number of methoxy groups -OCH3 is 1. The smallest absolute Gasteiger partial charge is 0.0627 e. The summed E-state index contributed by atoms with van der Waals surface area (Å²) in [5.74, 6) is 2.73. The number of rotatable bonds is 2. The van der Waals surface area contributed by atoms with Crippen LogP contribution in [0.15, 0.2) is 18.4 Å². The molecule has 0 spiro atoms. The Kier molecular flexibility index (Phi) is 4.05. The molecule has 4 aliphatic rings. The highest BCUT2D eigenvalue weighted by atomic mass is 16.5. The van der Waals surface area contributed by atoms with Gasteiger partial charge in [-0.25, -0.2) is 0 Å². The lowest BCUT2D eigenvalue weighted by molar-refractivity contribution is -0.149. The van der Waals surface area contributed by atoms with Gasteiger partial charge in [-0.2, -0.15) is 0 Å². The van der Waals surface area contributed by atoms with Crippen LogP contribution in [0.2, 0.25) is 0 Å². The minimum atomic E-state index is 0.390. The molecule has 0 amide bonds. The Bertz CT molecular complexity index is 546. The van der Waals surface area contributed by atoms with Gasteiger partial charge in [0.1, 0.15) is 0 Å². The van der Waals surface area contributed by atoms with E-state index in [2.05, 4.69) is 32.2 Å². The Hall–Kier alpha value is -0.520. The van der Waals surface area contributed by atoms with Crippen LogP contribution in [0.1, 0.15) is 78.1 Å². The van der Waals surface area contributed by atoms with Gasteiger partial charge < -0.3 is 4.74 Å². The summed E-state index contributed by atoms with van der Waals surface area (Å²) in [4.78, 5) is 0. The Balaban J connectivity index is 1.69. The van der Waals surface area contributed by atoms with Gasteiger partial charge >= 0.3 is 0 Å². The fraction of sp³-hybridized carbons (Fsp3) is 0.870. The zero-order valence-electron chi connectivity index (χ0n) is 16.1. The highest BCUT2D eigenvalue weighted by Gasteiger charge is 2.63. The summed E-state index contributed by atoms with van der Waals surface area (Å²) in [6.45, 7) is 9.15. The Labute approximate surface area is 148 Å². The van der Waals surface area contributed by atoms with E-state index in [9.17, 15) is 0 Å². The topological polar surface area (TPSA) is 9.23 Å². The van der Waals surface area contributed by atoms with Crippen molar-refractivity contribution in [2.24, 2.45) is 34.0 Å². The molecule has 4 fully saturated rings. The molecule has 1 nitrogen and oxygen atoms in total. The highest BCUT2D eigenvalue weighted by Crippen LogP contribution is 2.70. The van der Waals surface area contributed by atoms with Crippen molar-refractivity contribution < 1.29 is 4.74 Å². The number of hydrogen-bond acceptors (Lipinski definition) is 1. The van der Waals surface area contributed by atoms with E-state index in [0.29, 0.717) is 22.3 Å². The standard InChI is InChI=1S/C23H36O/c1-5-12-23-14-7-6-13-22(23,3)19-11-15-21(2)18(17(19)10-16-23)8-9-20(21)24-4/h12,17-20H,1,6-11,13-16H2,2-4H3/t17-,18-,19-,20?,21-,22+,23?/m0/s1. The van der Waals surface area contributed by atoms with Gasteiger partial charge in [0.2, 0.25) is 0 Å². The zero-order valence-corrected chi connectivity index (χ0v) is 16.1. The van der Waals surface area contributed by atoms with E-state index in [4.69, 9.17) is 4.74 Å². The fourth-order valence-electron chi connectivity index (χ4n) is 8.18. The Morgan fingerprint density at radius 1 is 0.958 bits per heavy atom. The molecule has 134 valence electrons.